The molecule has 10 nitrogen and oxygen atoms in total. The van der Waals surface area contributed by atoms with E-state index in [1.807, 2.05) is 26.0 Å². The van der Waals surface area contributed by atoms with Crippen molar-refractivity contribution < 1.29 is 38.5 Å². The Morgan fingerprint density at radius 3 is 2.55 bits per heavy atom. The van der Waals surface area contributed by atoms with Gasteiger partial charge in [-0.05, 0) is 45.6 Å². The van der Waals surface area contributed by atoms with Crippen LogP contribution in [0.5, 0.6) is 0 Å². The lowest BCUT2D eigenvalue weighted by atomic mass is 9.88. The van der Waals surface area contributed by atoms with E-state index in [0.717, 1.165) is 24.8 Å². The monoisotopic (exact) mass is 534 g/mol. The number of nitrogens with one attached hydrogen (secondary N) is 2. The highest BCUT2D eigenvalue weighted by atomic mass is 16.6. The van der Waals surface area contributed by atoms with Gasteiger partial charge in [-0.15, -0.1) is 0 Å². The zero-order valence-electron chi connectivity index (χ0n) is 23.0. The Labute approximate surface area is 224 Å². The van der Waals surface area contributed by atoms with Crippen molar-refractivity contribution in [2.75, 3.05) is 6.61 Å². The fourth-order valence-electron chi connectivity index (χ4n) is 5.13. The van der Waals surface area contributed by atoms with Gasteiger partial charge < -0.3 is 24.3 Å². The summed E-state index contributed by atoms with van der Waals surface area (Å²) in [7, 11) is 0. The Morgan fingerprint density at radius 2 is 1.89 bits per heavy atom. The van der Waals surface area contributed by atoms with Crippen LogP contribution >= 0.6 is 0 Å². The third-order valence-corrected chi connectivity index (χ3v) is 7.29. The minimum atomic E-state index is -0.465. The number of hydroxylamine groups is 1. The van der Waals surface area contributed by atoms with Gasteiger partial charge in [-0.3, -0.25) is 19.6 Å². The van der Waals surface area contributed by atoms with E-state index in [1.54, 1.807) is 18.5 Å². The molecular weight excluding hydrogens is 492 g/mol. The molecule has 38 heavy (non-hydrogen) atoms. The number of hydrogen-bond donors (Lipinski definition) is 3. The smallest absolute Gasteiger partial charge is 0.303 e. The Hall–Kier alpha value is -2.53. The van der Waals surface area contributed by atoms with Crippen LogP contribution in [0.15, 0.2) is 36.0 Å². The van der Waals surface area contributed by atoms with Crippen LogP contribution in [-0.2, 0) is 33.3 Å². The average Bonchev–Trinajstić information content (AvgIpc) is 3.59. The van der Waals surface area contributed by atoms with Gasteiger partial charge in [-0.25, -0.2) is 5.48 Å². The van der Waals surface area contributed by atoms with E-state index in [9.17, 15) is 14.4 Å². The highest BCUT2D eigenvalue weighted by molar-refractivity contribution is 5.87. The summed E-state index contributed by atoms with van der Waals surface area (Å²) < 4.78 is 23.0. The highest BCUT2D eigenvalue weighted by Gasteiger charge is 2.51. The SMILES string of the molecule is CC(=O)O[C@@H](C)/C=C\C(=O)N[C@@H]1C[C@H](C)[C@H](C/C=C(C)/C=C/[C@@H]2CC3(CO3)C[C@@H](CC(=O)NO)O2)O[C@@H]1C. The molecule has 2 amide bonds. The zero-order chi connectivity index (χ0) is 27.9. The molecule has 1 spiro atoms. The maximum absolute atomic E-state index is 12.3. The summed E-state index contributed by atoms with van der Waals surface area (Å²) in [4.78, 5) is 34.9. The van der Waals surface area contributed by atoms with Crippen LogP contribution < -0.4 is 10.8 Å². The van der Waals surface area contributed by atoms with Gasteiger partial charge in [0, 0.05) is 25.8 Å². The van der Waals surface area contributed by atoms with Gasteiger partial charge in [0.2, 0.25) is 11.8 Å². The van der Waals surface area contributed by atoms with E-state index in [-0.39, 0.29) is 54.3 Å². The summed E-state index contributed by atoms with van der Waals surface area (Å²) in [5.74, 6) is -0.841. The molecule has 3 fully saturated rings. The zero-order valence-corrected chi connectivity index (χ0v) is 23.0. The van der Waals surface area contributed by atoms with Crippen molar-refractivity contribution in [1.29, 1.82) is 0 Å². The predicted molar refractivity (Wildman–Crippen MR) is 139 cm³/mol. The maximum atomic E-state index is 12.3. The van der Waals surface area contributed by atoms with Gasteiger partial charge in [-0.1, -0.05) is 30.7 Å². The average molecular weight is 535 g/mol. The normalized spacial score (nSPS) is 34.3. The van der Waals surface area contributed by atoms with Gasteiger partial charge in [-0.2, -0.15) is 0 Å². The summed E-state index contributed by atoms with van der Waals surface area (Å²) in [5, 5.41) is 11.8. The van der Waals surface area contributed by atoms with Gasteiger partial charge in [0.1, 0.15) is 6.10 Å². The fourth-order valence-corrected chi connectivity index (χ4v) is 5.13. The molecular formula is C28H42N2O8. The molecule has 3 rings (SSSR count). The topological polar surface area (TPSA) is 136 Å². The first kappa shape index (κ1) is 30.0. The fraction of sp³-hybridized carbons (Fsp3) is 0.679. The van der Waals surface area contributed by atoms with Crippen molar-refractivity contribution in [3.8, 4) is 0 Å². The highest BCUT2D eigenvalue weighted by Crippen LogP contribution is 2.43. The van der Waals surface area contributed by atoms with Crippen LogP contribution in [0.3, 0.4) is 0 Å². The van der Waals surface area contributed by atoms with Crippen molar-refractivity contribution in [3.63, 3.8) is 0 Å². The molecule has 0 aromatic rings. The molecule has 0 saturated carbocycles. The second-order valence-corrected chi connectivity index (χ2v) is 10.8. The number of carbonyl (C=O) groups is 3. The molecule has 0 aromatic heterocycles. The first-order valence-corrected chi connectivity index (χ1v) is 13.4. The molecule has 1 unspecified atom stereocenters. The lowest BCUT2D eigenvalue weighted by molar-refractivity contribution is -0.143. The molecule has 8 atom stereocenters. The third-order valence-electron chi connectivity index (χ3n) is 7.29. The number of amides is 2. The first-order chi connectivity index (χ1) is 18.0. The Kier molecular flexibility index (Phi) is 10.7. The molecule has 212 valence electrons. The number of carbonyl (C=O) groups excluding carboxylic acids is 3. The van der Waals surface area contributed by atoms with Gasteiger partial charge >= 0.3 is 5.97 Å². The summed E-state index contributed by atoms with van der Waals surface area (Å²) in [6.07, 6.45) is 11.2. The van der Waals surface area contributed by atoms with E-state index >= 15 is 0 Å². The van der Waals surface area contributed by atoms with Crippen molar-refractivity contribution in [2.24, 2.45) is 5.92 Å². The van der Waals surface area contributed by atoms with Crippen molar-refractivity contribution in [3.05, 3.63) is 36.0 Å². The lowest BCUT2D eigenvalue weighted by Gasteiger charge is -2.39. The van der Waals surface area contributed by atoms with Gasteiger partial charge in [0.05, 0.1) is 49.1 Å². The van der Waals surface area contributed by atoms with E-state index in [0.29, 0.717) is 13.0 Å². The molecule has 3 heterocycles. The molecule has 3 saturated heterocycles. The van der Waals surface area contributed by atoms with Crippen LogP contribution in [0.1, 0.15) is 66.7 Å². The van der Waals surface area contributed by atoms with Crippen LogP contribution in [0, 0.1) is 5.92 Å². The minimum absolute atomic E-state index is 0.0384. The predicted octanol–water partition coefficient (Wildman–Crippen LogP) is 2.90. The van der Waals surface area contributed by atoms with E-state index in [4.69, 9.17) is 24.2 Å². The molecule has 10 heteroatoms. The number of hydrogen-bond acceptors (Lipinski definition) is 8. The van der Waals surface area contributed by atoms with Crippen LogP contribution in [0.4, 0.5) is 0 Å². The Morgan fingerprint density at radius 1 is 1.16 bits per heavy atom. The maximum Gasteiger partial charge on any atom is 0.303 e. The minimum Gasteiger partial charge on any atom is -0.459 e. The second kappa shape index (κ2) is 13.5. The van der Waals surface area contributed by atoms with Gasteiger partial charge in [0.25, 0.3) is 0 Å². The molecule has 0 radical (unpaired) electrons. The largest absolute Gasteiger partial charge is 0.459 e. The van der Waals surface area contributed by atoms with Gasteiger partial charge in [0.15, 0.2) is 0 Å². The summed E-state index contributed by atoms with van der Waals surface area (Å²) in [6.45, 7) is 9.83. The van der Waals surface area contributed by atoms with Crippen LogP contribution in [0.25, 0.3) is 0 Å². The number of esters is 1. The standard InChI is InChI=1S/C28H42N2O8/c1-17(6-9-22-14-28(16-35-28)15-23(38-22)13-27(33)30-34)7-10-25-18(2)12-24(20(4)37-25)29-26(32)11-8-19(3)36-21(5)31/h6-9,11,18-20,22-25,34H,10,12-16H2,1-5H3,(H,29,32)(H,30,33)/b9-6+,11-8-,17-7+/t18-,19-,20+,22+,23+,24+,25-,28?/m0/s1. The molecule has 3 aliphatic rings. The molecule has 3 N–H and O–H groups in total. The summed E-state index contributed by atoms with van der Waals surface area (Å²) in [5.41, 5.74) is 2.54. The molecule has 3 aliphatic heterocycles. The van der Waals surface area contributed by atoms with Crippen LogP contribution in [-0.4, -0.2) is 71.8 Å². The Bertz CT molecular complexity index is 941. The first-order valence-electron chi connectivity index (χ1n) is 13.4. The summed E-state index contributed by atoms with van der Waals surface area (Å²) >= 11 is 0. The summed E-state index contributed by atoms with van der Waals surface area (Å²) in [6, 6.07) is -0.103. The molecule has 0 aromatic carbocycles. The second-order valence-electron chi connectivity index (χ2n) is 10.8. The van der Waals surface area contributed by atoms with E-state index < -0.39 is 18.0 Å². The van der Waals surface area contributed by atoms with E-state index in [1.165, 1.54) is 13.0 Å². The van der Waals surface area contributed by atoms with Crippen molar-refractivity contribution >= 4 is 17.8 Å². The van der Waals surface area contributed by atoms with Crippen LogP contribution in [0.2, 0.25) is 0 Å². The van der Waals surface area contributed by atoms with Crippen molar-refractivity contribution in [1.82, 2.24) is 10.8 Å². The number of epoxide rings is 1. The third kappa shape index (κ3) is 9.34. The number of rotatable bonds is 10. The molecule has 0 aliphatic carbocycles. The lowest BCUT2D eigenvalue weighted by Crippen LogP contribution is -2.50. The quantitative estimate of drug-likeness (QED) is 0.0972. The number of allylic oxidation sites excluding steroid dienone is 2. The van der Waals surface area contributed by atoms with E-state index in [2.05, 4.69) is 18.3 Å². The number of ether oxygens (including phenoxy) is 4. The Balaban J connectivity index is 1.47. The molecule has 0 bridgehead atoms. The van der Waals surface area contributed by atoms with Crippen molar-refractivity contribution in [2.45, 2.75) is 109 Å².